The first-order chi connectivity index (χ1) is 13.8. The van der Waals surface area contributed by atoms with E-state index in [1.54, 1.807) is 6.92 Å². The van der Waals surface area contributed by atoms with Gasteiger partial charge >= 0.3 is 5.69 Å². The van der Waals surface area contributed by atoms with E-state index in [9.17, 15) is 9.59 Å². The van der Waals surface area contributed by atoms with Crippen LogP contribution < -0.4 is 11.0 Å². The topological polar surface area (TPSA) is 70.5 Å². The molecule has 1 aromatic carbocycles. The number of aryl methyl sites for hydroxylation is 2. The Morgan fingerprint density at radius 2 is 1.93 bits per heavy atom. The molecule has 1 aromatic heterocycles. The number of nitrogens with zero attached hydrogens (tertiary/aromatic N) is 4. The summed E-state index contributed by atoms with van der Waals surface area (Å²) in [5, 5.41) is 3.17. The minimum atomic E-state index is -0.375. The van der Waals surface area contributed by atoms with Crippen molar-refractivity contribution in [2.24, 2.45) is 5.92 Å². The molecule has 0 spiro atoms. The standard InChI is InChI=1S/C22H31N5O2/c1-16-10-17(2)27(22(29)23-16)15-21(28)24-20-14-26(13-19(20)12-25(3)4)11-18-8-6-5-7-9-18/h5-10,19-20H,11-15H2,1-4H3,(H,24,28)/t19-,20-/m1/s1. The van der Waals surface area contributed by atoms with Gasteiger partial charge in [-0.05, 0) is 39.6 Å². The Morgan fingerprint density at radius 3 is 2.59 bits per heavy atom. The molecule has 0 bridgehead atoms. The maximum absolute atomic E-state index is 12.7. The maximum atomic E-state index is 12.7. The predicted octanol–water partition coefficient (Wildman–Crippen LogP) is 1.04. The lowest BCUT2D eigenvalue weighted by molar-refractivity contribution is -0.122. The van der Waals surface area contributed by atoms with Gasteiger partial charge in [0.05, 0.1) is 0 Å². The second-order valence-electron chi connectivity index (χ2n) is 8.28. The smallest absolute Gasteiger partial charge is 0.348 e. The van der Waals surface area contributed by atoms with Gasteiger partial charge in [-0.1, -0.05) is 30.3 Å². The van der Waals surface area contributed by atoms with E-state index in [1.165, 1.54) is 10.1 Å². The number of amides is 1. The fourth-order valence-electron chi connectivity index (χ4n) is 4.11. The molecule has 1 fully saturated rings. The van der Waals surface area contributed by atoms with E-state index in [1.807, 2.05) is 19.1 Å². The lowest BCUT2D eigenvalue weighted by Crippen LogP contribution is -2.45. The Balaban J connectivity index is 1.66. The summed E-state index contributed by atoms with van der Waals surface area (Å²) in [6.07, 6.45) is 0. The first kappa shape index (κ1) is 21.2. The third-order valence-corrected chi connectivity index (χ3v) is 5.36. The largest absolute Gasteiger partial charge is 0.350 e. The molecule has 1 aliphatic heterocycles. The van der Waals surface area contributed by atoms with Crippen LogP contribution in [0.3, 0.4) is 0 Å². The highest BCUT2D eigenvalue weighted by atomic mass is 16.2. The lowest BCUT2D eigenvalue weighted by atomic mass is 10.0. The van der Waals surface area contributed by atoms with Crippen LogP contribution >= 0.6 is 0 Å². The Labute approximate surface area is 172 Å². The first-order valence-corrected chi connectivity index (χ1v) is 10.1. The molecule has 2 heterocycles. The fraction of sp³-hybridized carbons (Fsp3) is 0.500. The van der Waals surface area contributed by atoms with Crippen molar-refractivity contribution in [2.45, 2.75) is 33.0 Å². The molecule has 0 saturated carbocycles. The minimum Gasteiger partial charge on any atom is -0.350 e. The van der Waals surface area contributed by atoms with Crippen molar-refractivity contribution in [3.05, 3.63) is 63.8 Å². The maximum Gasteiger partial charge on any atom is 0.348 e. The van der Waals surface area contributed by atoms with Crippen LogP contribution in [0, 0.1) is 19.8 Å². The molecule has 156 valence electrons. The summed E-state index contributed by atoms with van der Waals surface area (Å²) in [6, 6.07) is 12.3. The highest BCUT2D eigenvalue weighted by molar-refractivity contribution is 5.76. The molecule has 3 rings (SSSR count). The third-order valence-electron chi connectivity index (χ3n) is 5.36. The van der Waals surface area contributed by atoms with Gasteiger partial charge < -0.3 is 10.2 Å². The third kappa shape index (κ3) is 5.74. The van der Waals surface area contributed by atoms with E-state index in [2.05, 4.69) is 58.5 Å². The molecule has 0 unspecified atom stereocenters. The summed E-state index contributed by atoms with van der Waals surface area (Å²) in [6.45, 7) is 7.13. The number of carbonyl (C=O) groups excluding carboxylic acids is 1. The molecule has 1 amide bonds. The molecular weight excluding hydrogens is 366 g/mol. The van der Waals surface area contributed by atoms with Crippen molar-refractivity contribution in [1.29, 1.82) is 0 Å². The van der Waals surface area contributed by atoms with Gasteiger partial charge in [0, 0.05) is 49.5 Å². The Hall–Kier alpha value is -2.51. The van der Waals surface area contributed by atoms with Crippen molar-refractivity contribution in [3.8, 4) is 0 Å². The summed E-state index contributed by atoms with van der Waals surface area (Å²) in [5.41, 5.74) is 2.32. The van der Waals surface area contributed by atoms with Gasteiger partial charge in [0.15, 0.2) is 0 Å². The van der Waals surface area contributed by atoms with Gasteiger partial charge in [0.1, 0.15) is 6.54 Å². The summed E-state index contributed by atoms with van der Waals surface area (Å²) >= 11 is 0. The number of carbonyl (C=O) groups is 1. The van der Waals surface area contributed by atoms with Crippen LogP contribution in [0.15, 0.2) is 41.2 Å². The molecule has 0 aliphatic carbocycles. The summed E-state index contributed by atoms with van der Waals surface area (Å²) in [5.74, 6) is 0.197. The van der Waals surface area contributed by atoms with Crippen molar-refractivity contribution in [2.75, 3.05) is 33.7 Å². The Morgan fingerprint density at radius 1 is 1.21 bits per heavy atom. The SMILES string of the molecule is Cc1cc(C)n(CC(=O)N[C@@H]2CN(Cc3ccccc3)C[C@H]2CN(C)C)c(=O)n1. The fourth-order valence-corrected chi connectivity index (χ4v) is 4.11. The van der Waals surface area contributed by atoms with Crippen LogP contribution in [0.5, 0.6) is 0 Å². The van der Waals surface area contributed by atoms with E-state index >= 15 is 0 Å². The number of aromatic nitrogens is 2. The molecular formula is C22H31N5O2. The van der Waals surface area contributed by atoms with Crippen LogP contribution in [0.2, 0.25) is 0 Å². The number of rotatable bonds is 7. The van der Waals surface area contributed by atoms with Crippen LogP contribution in [0.4, 0.5) is 0 Å². The second kappa shape index (κ2) is 9.33. The highest BCUT2D eigenvalue weighted by Crippen LogP contribution is 2.20. The van der Waals surface area contributed by atoms with Crippen molar-refractivity contribution in [3.63, 3.8) is 0 Å². The quantitative estimate of drug-likeness (QED) is 0.756. The van der Waals surface area contributed by atoms with Gasteiger partial charge in [-0.15, -0.1) is 0 Å². The zero-order valence-electron chi connectivity index (χ0n) is 17.8. The molecule has 0 radical (unpaired) electrons. The van der Waals surface area contributed by atoms with Gasteiger partial charge in [0.25, 0.3) is 0 Å². The normalized spacial score (nSPS) is 19.6. The zero-order chi connectivity index (χ0) is 21.0. The van der Waals surface area contributed by atoms with Gasteiger partial charge in [-0.3, -0.25) is 14.3 Å². The van der Waals surface area contributed by atoms with Gasteiger partial charge in [0.2, 0.25) is 5.91 Å². The summed E-state index contributed by atoms with van der Waals surface area (Å²) in [7, 11) is 4.11. The van der Waals surface area contributed by atoms with E-state index in [0.29, 0.717) is 11.6 Å². The van der Waals surface area contributed by atoms with Crippen LogP contribution in [0.1, 0.15) is 17.0 Å². The van der Waals surface area contributed by atoms with Crippen LogP contribution in [-0.2, 0) is 17.9 Å². The molecule has 1 N–H and O–H groups in total. The molecule has 1 saturated heterocycles. The first-order valence-electron chi connectivity index (χ1n) is 10.1. The van der Waals surface area contributed by atoms with E-state index in [0.717, 1.165) is 31.9 Å². The van der Waals surface area contributed by atoms with E-state index in [4.69, 9.17) is 0 Å². The second-order valence-corrected chi connectivity index (χ2v) is 8.28. The lowest BCUT2D eigenvalue weighted by Gasteiger charge is -2.23. The number of likely N-dealkylation sites (tertiary alicyclic amines) is 1. The number of nitrogens with one attached hydrogen (secondary N) is 1. The average molecular weight is 398 g/mol. The number of benzene rings is 1. The molecule has 29 heavy (non-hydrogen) atoms. The van der Waals surface area contributed by atoms with Gasteiger partial charge in [-0.25, -0.2) is 4.79 Å². The Kier molecular flexibility index (Phi) is 6.82. The average Bonchev–Trinajstić information content (AvgIpc) is 2.99. The van der Waals surface area contributed by atoms with Crippen molar-refractivity contribution < 1.29 is 4.79 Å². The predicted molar refractivity (Wildman–Crippen MR) is 114 cm³/mol. The molecule has 7 nitrogen and oxygen atoms in total. The van der Waals surface area contributed by atoms with Crippen molar-refractivity contribution >= 4 is 5.91 Å². The summed E-state index contributed by atoms with van der Waals surface area (Å²) in [4.78, 5) is 33.4. The van der Waals surface area contributed by atoms with Gasteiger partial charge in [-0.2, -0.15) is 4.98 Å². The number of hydrogen-bond acceptors (Lipinski definition) is 5. The molecule has 1 aliphatic rings. The van der Waals surface area contributed by atoms with Crippen LogP contribution in [0.25, 0.3) is 0 Å². The Bertz CT molecular complexity index is 894. The van der Waals surface area contributed by atoms with E-state index < -0.39 is 0 Å². The van der Waals surface area contributed by atoms with Crippen LogP contribution in [-0.4, -0.2) is 65.0 Å². The van der Waals surface area contributed by atoms with E-state index in [-0.39, 0.29) is 24.2 Å². The zero-order valence-corrected chi connectivity index (χ0v) is 17.8. The highest BCUT2D eigenvalue weighted by Gasteiger charge is 2.34. The molecule has 2 aromatic rings. The number of hydrogen-bond donors (Lipinski definition) is 1. The monoisotopic (exact) mass is 397 g/mol. The summed E-state index contributed by atoms with van der Waals surface area (Å²) < 4.78 is 1.43. The minimum absolute atomic E-state index is 0.00180. The molecule has 7 heteroatoms. The molecule has 2 atom stereocenters. The van der Waals surface area contributed by atoms with Crippen molar-refractivity contribution in [1.82, 2.24) is 24.7 Å².